The van der Waals surface area contributed by atoms with Gasteiger partial charge in [-0.2, -0.15) is 0 Å². The number of benzene rings is 2. The normalized spacial score (nSPS) is 11.5. The SMILES string of the molecule is COc1ccc(-n2nc(C(=O)C(C)C)nc2-c2ccc(OCCNS(C)(=O)=O)cc2)cc1. The van der Waals surface area contributed by atoms with E-state index < -0.39 is 10.0 Å². The highest BCUT2D eigenvalue weighted by molar-refractivity contribution is 7.88. The van der Waals surface area contributed by atoms with Crippen LogP contribution in [0.25, 0.3) is 17.1 Å². The standard InChI is InChI=1S/C22H26N4O5S/c1-15(2)20(27)21-24-22(26(25-21)17-7-11-18(30-3)12-8-17)16-5-9-19(10-6-16)31-14-13-23-32(4,28)29/h5-12,15,23H,13-14H2,1-4H3. The van der Waals surface area contributed by atoms with E-state index >= 15 is 0 Å². The molecule has 1 N–H and O–H groups in total. The number of carbonyl (C=O) groups excluding carboxylic acids is 1. The predicted octanol–water partition coefficient (Wildman–Crippen LogP) is 2.71. The Kier molecular flexibility index (Phi) is 7.26. The minimum Gasteiger partial charge on any atom is -0.497 e. The lowest BCUT2D eigenvalue weighted by Gasteiger charge is -2.09. The Balaban J connectivity index is 1.87. The molecule has 0 spiro atoms. The van der Waals surface area contributed by atoms with Crippen LogP contribution < -0.4 is 14.2 Å². The summed E-state index contributed by atoms with van der Waals surface area (Å²) >= 11 is 0. The summed E-state index contributed by atoms with van der Waals surface area (Å²) in [5.41, 5.74) is 1.49. The molecule has 0 aliphatic rings. The molecular weight excluding hydrogens is 432 g/mol. The van der Waals surface area contributed by atoms with Crippen molar-refractivity contribution in [1.29, 1.82) is 0 Å². The highest BCUT2D eigenvalue weighted by Gasteiger charge is 2.21. The van der Waals surface area contributed by atoms with Crippen LogP contribution in [0.1, 0.15) is 24.5 Å². The molecule has 0 aliphatic carbocycles. The van der Waals surface area contributed by atoms with Gasteiger partial charge in [0.25, 0.3) is 0 Å². The van der Waals surface area contributed by atoms with E-state index in [0.29, 0.717) is 17.3 Å². The summed E-state index contributed by atoms with van der Waals surface area (Å²) in [6.45, 7) is 3.98. The fourth-order valence-corrected chi connectivity index (χ4v) is 3.32. The third-order valence-corrected chi connectivity index (χ3v) is 5.24. The number of sulfonamides is 1. The Hall–Kier alpha value is -3.24. The van der Waals surface area contributed by atoms with Crippen molar-refractivity contribution in [3.05, 3.63) is 54.4 Å². The summed E-state index contributed by atoms with van der Waals surface area (Å²) in [6, 6.07) is 14.4. The van der Waals surface area contributed by atoms with E-state index in [2.05, 4.69) is 14.8 Å². The molecule has 0 unspecified atom stereocenters. The number of carbonyl (C=O) groups is 1. The zero-order valence-corrected chi connectivity index (χ0v) is 19.2. The maximum absolute atomic E-state index is 12.5. The molecule has 0 amide bonds. The van der Waals surface area contributed by atoms with Crippen molar-refractivity contribution in [3.8, 4) is 28.6 Å². The van der Waals surface area contributed by atoms with E-state index in [-0.39, 0.29) is 30.7 Å². The van der Waals surface area contributed by atoms with Crippen molar-refractivity contribution in [2.24, 2.45) is 5.92 Å². The van der Waals surface area contributed by atoms with Gasteiger partial charge < -0.3 is 9.47 Å². The van der Waals surface area contributed by atoms with E-state index in [1.165, 1.54) is 0 Å². The van der Waals surface area contributed by atoms with Crippen molar-refractivity contribution < 1.29 is 22.7 Å². The fraction of sp³-hybridized carbons (Fsp3) is 0.318. The first kappa shape index (κ1) is 23.4. The molecule has 10 heteroatoms. The number of hydrogen-bond donors (Lipinski definition) is 1. The van der Waals surface area contributed by atoms with E-state index in [1.807, 2.05) is 36.4 Å². The van der Waals surface area contributed by atoms with Crippen molar-refractivity contribution in [3.63, 3.8) is 0 Å². The minimum atomic E-state index is -3.25. The largest absolute Gasteiger partial charge is 0.497 e. The van der Waals surface area contributed by atoms with Gasteiger partial charge in [0.2, 0.25) is 21.6 Å². The summed E-state index contributed by atoms with van der Waals surface area (Å²) in [5, 5.41) is 4.46. The summed E-state index contributed by atoms with van der Waals surface area (Å²) in [7, 11) is -1.66. The highest BCUT2D eigenvalue weighted by atomic mass is 32.2. The number of ether oxygens (including phenoxy) is 2. The second-order valence-electron chi connectivity index (χ2n) is 7.43. The molecule has 1 heterocycles. The van der Waals surface area contributed by atoms with Gasteiger partial charge in [0.05, 0.1) is 19.1 Å². The number of rotatable bonds is 10. The van der Waals surface area contributed by atoms with E-state index in [0.717, 1.165) is 17.5 Å². The molecule has 0 atom stereocenters. The van der Waals surface area contributed by atoms with Crippen LogP contribution in [-0.2, 0) is 10.0 Å². The van der Waals surface area contributed by atoms with Gasteiger partial charge >= 0.3 is 0 Å². The van der Waals surface area contributed by atoms with Gasteiger partial charge in [-0.25, -0.2) is 22.8 Å². The van der Waals surface area contributed by atoms with Crippen molar-refractivity contribution in [2.75, 3.05) is 26.5 Å². The lowest BCUT2D eigenvalue weighted by atomic mass is 10.1. The van der Waals surface area contributed by atoms with Crippen molar-refractivity contribution >= 4 is 15.8 Å². The fourth-order valence-electron chi connectivity index (χ4n) is 2.86. The zero-order chi connectivity index (χ0) is 23.3. The number of nitrogens with one attached hydrogen (secondary N) is 1. The van der Waals surface area contributed by atoms with Gasteiger partial charge in [-0.15, -0.1) is 5.10 Å². The Morgan fingerprint density at radius 1 is 1.06 bits per heavy atom. The molecule has 0 bridgehead atoms. The molecule has 0 fully saturated rings. The Labute approximate surface area is 187 Å². The average Bonchev–Trinajstić information content (AvgIpc) is 3.21. The smallest absolute Gasteiger partial charge is 0.218 e. The molecule has 1 aromatic heterocycles. The summed E-state index contributed by atoms with van der Waals surface area (Å²) in [6.07, 6.45) is 1.10. The van der Waals surface area contributed by atoms with Crippen LogP contribution in [0.3, 0.4) is 0 Å². The molecule has 9 nitrogen and oxygen atoms in total. The van der Waals surface area contributed by atoms with Crippen LogP contribution in [0, 0.1) is 5.92 Å². The molecule has 3 rings (SSSR count). The lowest BCUT2D eigenvalue weighted by Crippen LogP contribution is -2.26. The van der Waals surface area contributed by atoms with E-state index in [9.17, 15) is 13.2 Å². The first-order valence-corrected chi connectivity index (χ1v) is 11.9. The Morgan fingerprint density at radius 3 is 2.25 bits per heavy atom. The topological polar surface area (TPSA) is 112 Å². The molecular formula is C22H26N4O5S. The van der Waals surface area contributed by atoms with Gasteiger partial charge in [-0.1, -0.05) is 13.8 Å². The molecule has 0 radical (unpaired) electrons. The van der Waals surface area contributed by atoms with E-state index in [4.69, 9.17) is 9.47 Å². The molecule has 170 valence electrons. The molecule has 0 aliphatic heterocycles. The first-order chi connectivity index (χ1) is 15.2. The lowest BCUT2D eigenvalue weighted by molar-refractivity contribution is 0.0929. The number of ketones is 1. The summed E-state index contributed by atoms with van der Waals surface area (Å²) < 4.78 is 37.0. The van der Waals surface area contributed by atoms with Gasteiger partial charge in [0.15, 0.2) is 5.82 Å². The molecule has 0 saturated carbocycles. The van der Waals surface area contributed by atoms with Gasteiger partial charge in [0.1, 0.15) is 18.1 Å². The van der Waals surface area contributed by atoms with Crippen molar-refractivity contribution in [1.82, 2.24) is 19.5 Å². The van der Waals surface area contributed by atoms with Crippen LogP contribution in [0.5, 0.6) is 11.5 Å². The van der Waals surface area contributed by atoms with Gasteiger partial charge in [0, 0.05) is 18.0 Å². The number of aromatic nitrogens is 3. The number of methoxy groups -OCH3 is 1. The summed E-state index contributed by atoms with van der Waals surface area (Å²) in [4.78, 5) is 17.0. The minimum absolute atomic E-state index is 0.142. The second kappa shape index (κ2) is 9.92. The van der Waals surface area contributed by atoms with Gasteiger partial charge in [-0.05, 0) is 48.5 Å². The maximum atomic E-state index is 12.5. The maximum Gasteiger partial charge on any atom is 0.218 e. The van der Waals surface area contributed by atoms with Crippen LogP contribution in [0.4, 0.5) is 0 Å². The van der Waals surface area contributed by atoms with E-state index in [1.54, 1.807) is 37.8 Å². The second-order valence-corrected chi connectivity index (χ2v) is 9.26. The van der Waals surface area contributed by atoms with Crippen LogP contribution in [0.2, 0.25) is 0 Å². The highest BCUT2D eigenvalue weighted by Crippen LogP contribution is 2.25. The Bertz CT molecular complexity index is 1170. The summed E-state index contributed by atoms with van der Waals surface area (Å²) in [5.74, 6) is 1.59. The van der Waals surface area contributed by atoms with Crippen molar-refractivity contribution in [2.45, 2.75) is 13.8 Å². The molecule has 2 aromatic carbocycles. The number of Topliss-reactive ketones (excluding diaryl/α,β-unsaturated/α-hetero) is 1. The Morgan fingerprint density at radius 2 is 1.69 bits per heavy atom. The van der Waals surface area contributed by atoms with Crippen LogP contribution in [-0.4, -0.2) is 55.5 Å². The third kappa shape index (κ3) is 5.92. The van der Waals surface area contributed by atoms with Gasteiger partial charge in [-0.3, -0.25) is 4.79 Å². The average molecular weight is 459 g/mol. The molecule has 0 saturated heterocycles. The third-order valence-electron chi connectivity index (χ3n) is 4.52. The predicted molar refractivity (Wildman–Crippen MR) is 121 cm³/mol. The first-order valence-electron chi connectivity index (χ1n) is 10.0. The molecule has 3 aromatic rings. The quantitative estimate of drug-likeness (QED) is 0.367. The zero-order valence-electron chi connectivity index (χ0n) is 18.4. The van der Waals surface area contributed by atoms with Crippen LogP contribution >= 0.6 is 0 Å². The van der Waals surface area contributed by atoms with Crippen LogP contribution in [0.15, 0.2) is 48.5 Å². The molecule has 32 heavy (non-hydrogen) atoms. The number of nitrogens with zero attached hydrogens (tertiary/aromatic N) is 3. The monoisotopic (exact) mass is 458 g/mol. The number of hydrogen-bond acceptors (Lipinski definition) is 7.